The van der Waals surface area contributed by atoms with Crippen LogP contribution in [-0.4, -0.2) is 27.8 Å². The molecule has 1 aromatic heterocycles. The minimum Gasteiger partial charge on any atom is -0.461 e. The summed E-state index contributed by atoms with van der Waals surface area (Å²) in [5.41, 5.74) is 0.910. The number of nitrogens with zero attached hydrogens (tertiary/aromatic N) is 3. The second-order valence-electron chi connectivity index (χ2n) is 3.12. The molecule has 82 valence electrons. The zero-order valence-corrected chi connectivity index (χ0v) is 9.28. The topological polar surface area (TPSA) is 65.0 Å². The summed E-state index contributed by atoms with van der Waals surface area (Å²) in [6.07, 6.45) is 1.62. The summed E-state index contributed by atoms with van der Waals surface area (Å²) in [6.45, 7) is 5.86. The van der Waals surface area contributed by atoms with Crippen LogP contribution < -0.4 is 0 Å². The van der Waals surface area contributed by atoms with Gasteiger partial charge in [0.2, 0.25) is 0 Å². The predicted octanol–water partition coefficient (Wildman–Crippen LogP) is 1.31. The number of carbonyl (C=O) groups excluding carboxylic acids is 1. The van der Waals surface area contributed by atoms with Gasteiger partial charge in [-0.2, -0.15) is 0 Å². The fourth-order valence-corrected chi connectivity index (χ4v) is 1.22. The normalized spacial score (nSPS) is 10.1. The van der Waals surface area contributed by atoms with Gasteiger partial charge in [-0.25, -0.2) is 9.78 Å². The molecular formula is C10H15N3O2. The van der Waals surface area contributed by atoms with Crippen LogP contribution >= 0.6 is 0 Å². The van der Waals surface area contributed by atoms with Gasteiger partial charge in [0, 0.05) is 0 Å². The molecule has 0 amide bonds. The van der Waals surface area contributed by atoms with Gasteiger partial charge in [0.15, 0.2) is 5.69 Å². The highest BCUT2D eigenvalue weighted by Crippen LogP contribution is 2.06. The Kier molecular flexibility index (Phi) is 4.15. The molecule has 0 saturated heterocycles. The molecule has 0 aromatic carbocycles. The van der Waals surface area contributed by atoms with Crippen LogP contribution in [0.4, 0.5) is 0 Å². The summed E-state index contributed by atoms with van der Waals surface area (Å²) in [5.74, 6) is 0.132. The molecule has 1 aromatic rings. The summed E-state index contributed by atoms with van der Waals surface area (Å²) in [7, 11) is 0. The summed E-state index contributed by atoms with van der Waals surface area (Å²) in [6, 6.07) is 0. The van der Waals surface area contributed by atoms with Crippen molar-refractivity contribution in [1.82, 2.24) is 15.2 Å². The van der Waals surface area contributed by atoms with E-state index in [0.29, 0.717) is 24.5 Å². The average Bonchev–Trinajstić information content (AvgIpc) is 2.18. The number of ether oxygens (including phenoxy) is 1. The van der Waals surface area contributed by atoms with Crippen LogP contribution in [0.15, 0.2) is 0 Å². The fraction of sp³-hybridized carbons (Fsp3) is 0.600. The lowest BCUT2D eigenvalue weighted by molar-refractivity contribution is 0.0515. The SMILES string of the molecule is CCCc1nc(C)nnc1C(=O)OCC. The third-order valence-electron chi connectivity index (χ3n) is 1.82. The molecule has 0 N–H and O–H groups in total. The van der Waals surface area contributed by atoms with Crippen molar-refractivity contribution >= 4 is 5.97 Å². The maximum Gasteiger partial charge on any atom is 0.360 e. The van der Waals surface area contributed by atoms with Crippen LogP contribution in [0.1, 0.15) is 42.3 Å². The van der Waals surface area contributed by atoms with E-state index >= 15 is 0 Å². The molecule has 0 aliphatic carbocycles. The first-order chi connectivity index (χ1) is 7.19. The zero-order valence-electron chi connectivity index (χ0n) is 9.28. The van der Waals surface area contributed by atoms with Gasteiger partial charge in [-0.1, -0.05) is 13.3 Å². The van der Waals surface area contributed by atoms with Gasteiger partial charge in [0.1, 0.15) is 5.82 Å². The van der Waals surface area contributed by atoms with E-state index in [9.17, 15) is 4.79 Å². The summed E-state index contributed by atoms with van der Waals surface area (Å²) < 4.78 is 4.87. The van der Waals surface area contributed by atoms with Gasteiger partial charge < -0.3 is 4.74 Å². The Balaban J connectivity index is 2.99. The number of aromatic nitrogens is 3. The van der Waals surface area contributed by atoms with E-state index in [1.54, 1.807) is 13.8 Å². The highest BCUT2D eigenvalue weighted by Gasteiger charge is 2.16. The standard InChI is InChI=1S/C10H15N3O2/c1-4-6-8-9(10(14)15-5-2)13-12-7(3)11-8/h4-6H2,1-3H3. The van der Waals surface area contributed by atoms with E-state index < -0.39 is 5.97 Å². The van der Waals surface area contributed by atoms with Gasteiger partial charge in [-0.05, 0) is 20.3 Å². The van der Waals surface area contributed by atoms with Gasteiger partial charge in [-0.15, -0.1) is 10.2 Å². The smallest absolute Gasteiger partial charge is 0.360 e. The summed E-state index contributed by atoms with van der Waals surface area (Å²) in [5, 5.41) is 7.59. The third kappa shape index (κ3) is 2.97. The van der Waals surface area contributed by atoms with Crippen LogP contribution in [0.5, 0.6) is 0 Å². The number of esters is 1. The van der Waals surface area contributed by atoms with Crippen molar-refractivity contribution in [1.29, 1.82) is 0 Å². The quantitative estimate of drug-likeness (QED) is 0.699. The van der Waals surface area contributed by atoms with E-state index in [2.05, 4.69) is 15.2 Å². The van der Waals surface area contributed by atoms with Crippen LogP contribution in [0.25, 0.3) is 0 Å². The first kappa shape index (κ1) is 11.6. The number of carbonyl (C=O) groups is 1. The highest BCUT2D eigenvalue weighted by atomic mass is 16.5. The van der Waals surface area contributed by atoms with Crippen molar-refractivity contribution in [2.45, 2.75) is 33.6 Å². The largest absolute Gasteiger partial charge is 0.461 e. The Morgan fingerprint density at radius 2 is 2.07 bits per heavy atom. The lowest BCUT2D eigenvalue weighted by atomic mass is 10.2. The Morgan fingerprint density at radius 1 is 1.33 bits per heavy atom. The van der Waals surface area contributed by atoms with Crippen LogP contribution in [0.3, 0.4) is 0 Å². The molecule has 0 radical (unpaired) electrons. The zero-order chi connectivity index (χ0) is 11.3. The lowest BCUT2D eigenvalue weighted by Gasteiger charge is -2.05. The number of hydrogen-bond acceptors (Lipinski definition) is 5. The molecule has 0 aliphatic heterocycles. The average molecular weight is 209 g/mol. The molecule has 15 heavy (non-hydrogen) atoms. The van der Waals surface area contributed by atoms with Crippen molar-refractivity contribution in [3.8, 4) is 0 Å². The molecule has 0 spiro atoms. The fourth-order valence-electron chi connectivity index (χ4n) is 1.22. The van der Waals surface area contributed by atoms with E-state index in [-0.39, 0.29) is 5.69 Å². The Bertz CT molecular complexity index is 353. The van der Waals surface area contributed by atoms with Crippen molar-refractivity contribution in [3.63, 3.8) is 0 Å². The number of aryl methyl sites for hydroxylation is 2. The van der Waals surface area contributed by atoms with Gasteiger partial charge in [0.25, 0.3) is 0 Å². The second-order valence-corrected chi connectivity index (χ2v) is 3.12. The maximum atomic E-state index is 11.5. The second kappa shape index (κ2) is 5.38. The molecule has 1 rings (SSSR count). The van der Waals surface area contributed by atoms with E-state index in [4.69, 9.17) is 4.74 Å². The van der Waals surface area contributed by atoms with E-state index in [1.165, 1.54) is 0 Å². The Labute approximate surface area is 88.9 Å². The van der Waals surface area contributed by atoms with Gasteiger partial charge in [0.05, 0.1) is 12.3 Å². The molecule has 0 fully saturated rings. The van der Waals surface area contributed by atoms with Crippen molar-refractivity contribution in [3.05, 3.63) is 17.2 Å². The number of hydrogen-bond donors (Lipinski definition) is 0. The Hall–Kier alpha value is -1.52. The monoisotopic (exact) mass is 209 g/mol. The predicted molar refractivity (Wildman–Crippen MR) is 54.5 cm³/mol. The molecule has 0 bridgehead atoms. The van der Waals surface area contributed by atoms with Gasteiger partial charge in [-0.3, -0.25) is 0 Å². The Morgan fingerprint density at radius 3 is 2.67 bits per heavy atom. The number of rotatable bonds is 4. The van der Waals surface area contributed by atoms with Crippen LogP contribution in [-0.2, 0) is 11.2 Å². The minimum absolute atomic E-state index is 0.240. The molecule has 0 aliphatic rings. The minimum atomic E-state index is -0.444. The molecular weight excluding hydrogens is 194 g/mol. The van der Waals surface area contributed by atoms with Crippen molar-refractivity contribution < 1.29 is 9.53 Å². The van der Waals surface area contributed by atoms with Crippen LogP contribution in [0, 0.1) is 6.92 Å². The van der Waals surface area contributed by atoms with Crippen LogP contribution in [0.2, 0.25) is 0 Å². The maximum absolute atomic E-state index is 11.5. The first-order valence-corrected chi connectivity index (χ1v) is 5.06. The third-order valence-corrected chi connectivity index (χ3v) is 1.82. The van der Waals surface area contributed by atoms with Gasteiger partial charge >= 0.3 is 5.97 Å². The van der Waals surface area contributed by atoms with E-state index in [1.807, 2.05) is 6.92 Å². The molecule has 0 unspecified atom stereocenters. The van der Waals surface area contributed by atoms with Crippen molar-refractivity contribution in [2.75, 3.05) is 6.61 Å². The first-order valence-electron chi connectivity index (χ1n) is 5.06. The molecule has 5 heteroatoms. The van der Waals surface area contributed by atoms with Crippen molar-refractivity contribution in [2.24, 2.45) is 0 Å². The lowest BCUT2D eigenvalue weighted by Crippen LogP contribution is -2.14. The molecule has 0 atom stereocenters. The molecule has 5 nitrogen and oxygen atoms in total. The summed E-state index contributed by atoms with van der Waals surface area (Å²) >= 11 is 0. The summed E-state index contributed by atoms with van der Waals surface area (Å²) in [4.78, 5) is 15.7. The molecule has 0 saturated carbocycles. The molecule has 1 heterocycles. The highest BCUT2D eigenvalue weighted by molar-refractivity contribution is 5.88. The van der Waals surface area contributed by atoms with E-state index in [0.717, 1.165) is 6.42 Å².